The minimum atomic E-state index is 0.0970. The van der Waals surface area contributed by atoms with Gasteiger partial charge in [-0.1, -0.05) is 24.3 Å². The molecule has 26 heavy (non-hydrogen) atoms. The van der Waals surface area contributed by atoms with Gasteiger partial charge in [0.05, 0.1) is 6.42 Å². The van der Waals surface area contributed by atoms with E-state index in [2.05, 4.69) is 69.6 Å². The SMILES string of the molecule is Cn1c2ccccc2c2cc(CC(=O)NCCN3CCNCC3)ccc21. The van der Waals surface area contributed by atoms with Crippen molar-refractivity contribution < 1.29 is 4.79 Å². The number of fused-ring (bicyclic) bond motifs is 3. The van der Waals surface area contributed by atoms with E-state index in [0.29, 0.717) is 6.42 Å². The van der Waals surface area contributed by atoms with Crippen LogP contribution in [0.25, 0.3) is 21.8 Å². The van der Waals surface area contributed by atoms with Crippen molar-refractivity contribution in [3.63, 3.8) is 0 Å². The van der Waals surface area contributed by atoms with Gasteiger partial charge in [-0.3, -0.25) is 9.69 Å². The number of piperazine rings is 1. The Morgan fingerprint density at radius 2 is 1.85 bits per heavy atom. The summed E-state index contributed by atoms with van der Waals surface area (Å²) >= 11 is 0. The summed E-state index contributed by atoms with van der Waals surface area (Å²) in [6.45, 7) is 5.85. The molecule has 0 saturated carbocycles. The summed E-state index contributed by atoms with van der Waals surface area (Å²) in [5.41, 5.74) is 3.49. The van der Waals surface area contributed by atoms with Gasteiger partial charge in [0, 0.05) is 68.1 Å². The first-order chi connectivity index (χ1) is 12.7. The molecule has 0 bridgehead atoms. The molecule has 2 heterocycles. The second-order valence-electron chi connectivity index (χ2n) is 7.05. The van der Waals surface area contributed by atoms with Crippen molar-refractivity contribution in [2.24, 2.45) is 7.05 Å². The Balaban J connectivity index is 1.42. The molecule has 5 heteroatoms. The molecule has 5 nitrogen and oxygen atoms in total. The van der Waals surface area contributed by atoms with Crippen molar-refractivity contribution in [1.82, 2.24) is 20.1 Å². The van der Waals surface area contributed by atoms with Gasteiger partial charge in [-0.05, 0) is 23.8 Å². The second-order valence-corrected chi connectivity index (χ2v) is 7.05. The molecule has 0 unspecified atom stereocenters. The zero-order valence-corrected chi connectivity index (χ0v) is 15.3. The van der Waals surface area contributed by atoms with Crippen molar-refractivity contribution in [2.75, 3.05) is 39.3 Å². The summed E-state index contributed by atoms with van der Waals surface area (Å²) in [5, 5.41) is 8.87. The van der Waals surface area contributed by atoms with Gasteiger partial charge in [0.25, 0.3) is 0 Å². The average Bonchev–Trinajstić information content (AvgIpc) is 2.95. The van der Waals surface area contributed by atoms with E-state index in [9.17, 15) is 4.79 Å². The Kier molecular flexibility index (Phi) is 4.91. The number of aryl methyl sites for hydroxylation is 1. The van der Waals surface area contributed by atoms with Gasteiger partial charge >= 0.3 is 0 Å². The molecule has 2 N–H and O–H groups in total. The summed E-state index contributed by atoms with van der Waals surface area (Å²) in [6, 6.07) is 14.8. The van der Waals surface area contributed by atoms with Crippen LogP contribution in [0.1, 0.15) is 5.56 Å². The monoisotopic (exact) mass is 350 g/mol. The summed E-state index contributed by atoms with van der Waals surface area (Å²) in [6.07, 6.45) is 0.431. The van der Waals surface area contributed by atoms with Crippen LogP contribution in [-0.2, 0) is 18.3 Å². The van der Waals surface area contributed by atoms with Crippen molar-refractivity contribution in [3.05, 3.63) is 48.0 Å². The number of amides is 1. The zero-order valence-electron chi connectivity index (χ0n) is 15.3. The molecule has 1 aliphatic heterocycles. The lowest BCUT2D eigenvalue weighted by molar-refractivity contribution is -0.120. The molecule has 0 atom stereocenters. The van der Waals surface area contributed by atoms with Gasteiger partial charge in [0.15, 0.2) is 0 Å². The number of carbonyl (C=O) groups excluding carboxylic acids is 1. The lowest BCUT2D eigenvalue weighted by Crippen LogP contribution is -2.46. The molecule has 4 rings (SSSR count). The second kappa shape index (κ2) is 7.48. The molecule has 1 aliphatic rings. The van der Waals surface area contributed by atoms with Crippen LogP contribution in [0.15, 0.2) is 42.5 Å². The fourth-order valence-corrected chi connectivity index (χ4v) is 3.86. The van der Waals surface area contributed by atoms with Crippen LogP contribution in [-0.4, -0.2) is 54.6 Å². The fraction of sp³-hybridized carbons (Fsp3) is 0.381. The van der Waals surface area contributed by atoms with Crippen molar-refractivity contribution in [3.8, 4) is 0 Å². The first-order valence-electron chi connectivity index (χ1n) is 9.38. The first-order valence-corrected chi connectivity index (χ1v) is 9.38. The summed E-state index contributed by atoms with van der Waals surface area (Å²) in [4.78, 5) is 14.7. The number of para-hydroxylation sites is 1. The average molecular weight is 350 g/mol. The fourth-order valence-electron chi connectivity index (χ4n) is 3.86. The van der Waals surface area contributed by atoms with E-state index in [1.165, 1.54) is 21.8 Å². The molecule has 2 aromatic carbocycles. The normalized spacial score (nSPS) is 15.6. The maximum atomic E-state index is 12.3. The lowest BCUT2D eigenvalue weighted by atomic mass is 10.1. The third-order valence-electron chi connectivity index (χ3n) is 5.30. The minimum Gasteiger partial charge on any atom is -0.355 e. The number of hydrogen-bond acceptors (Lipinski definition) is 3. The van der Waals surface area contributed by atoms with Gasteiger partial charge < -0.3 is 15.2 Å². The van der Waals surface area contributed by atoms with E-state index in [4.69, 9.17) is 0 Å². The highest BCUT2D eigenvalue weighted by Crippen LogP contribution is 2.28. The van der Waals surface area contributed by atoms with Crippen LogP contribution in [0.3, 0.4) is 0 Å². The predicted octanol–water partition coefficient (Wildman–Crippen LogP) is 1.90. The highest BCUT2D eigenvalue weighted by Gasteiger charge is 2.11. The standard InChI is InChI=1S/C21H26N4O/c1-24-19-5-3-2-4-17(19)18-14-16(6-7-20(18)24)15-21(26)23-10-13-25-11-8-22-9-12-25/h2-7,14,22H,8-13,15H2,1H3,(H,23,26). The molecule has 0 radical (unpaired) electrons. The smallest absolute Gasteiger partial charge is 0.224 e. The minimum absolute atomic E-state index is 0.0970. The van der Waals surface area contributed by atoms with E-state index < -0.39 is 0 Å². The highest BCUT2D eigenvalue weighted by atomic mass is 16.1. The third-order valence-corrected chi connectivity index (χ3v) is 5.30. The molecular weight excluding hydrogens is 324 g/mol. The van der Waals surface area contributed by atoms with Crippen LogP contribution in [0.2, 0.25) is 0 Å². The predicted molar refractivity (Wildman–Crippen MR) is 106 cm³/mol. The van der Waals surface area contributed by atoms with Crippen molar-refractivity contribution >= 4 is 27.7 Å². The number of aromatic nitrogens is 1. The molecule has 1 aromatic heterocycles. The molecule has 3 aromatic rings. The van der Waals surface area contributed by atoms with Crippen LogP contribution < -0.4 is 10.6 Å². The van der Waals surface area contributed by atoms with Crippen LogP contribution in [0.4, 0.5) is 0 Å². The Morgan fingerprint density at radius 1 is 1.08 bits per heavy atom. The Bertz CT molecular complexity index is 924. The number of rotatable bonds is 5. The topological polar surface area (TPSA) is 49.3 Å². The van der Waals surface area contributed by atoms with Crippen LogP contribution >= 0.6 is 0 Å². The first kappa shape index (κ1) is 17.1. The van der Waals surface area contributed by atoms with Crippen LogP contribution in [0, 0.1) is 0 Å². The van der Waals surface area contributed by atoms with Gasteiger partial charge in [-0.2, -0.15) is 0 Å². The highest BCUT2D eigenvalue weighted by molar-refractivity contribution is 6.08. The number of carbonyl (C=O) groups is 1. The van der Waals surface area contributed by atoms with Gasteiger partial charge in [-0.25, -0.2) is 0 Å². The maximum Gasteiger partial charge on any atom is 0.224 e. The van der Waals surface area contributed by atoms with E-state index in [0.717, 1.165) is 44.8 Å². The zero-order chi connectivity index (χ0) is 17.9. The number of benzene rings is 2. The van der Waals surface area contributed by atoms with E-state index in [1.807, 2.05) is 0 Å². The Hall–Kier alpha value is -2.37. The van der Waals surface area contributed by atoms with E-state index in [-0.39, 0.29) is 5.91 Å². The third kappa shape index (κ3) is 3.45. The number of nitrogens with one attached hydrogen (secondary N) is 2. The van der Waals surface area contributed by atoms with E-state index in [1.54, 1.807) is 0 Å². The Morgan fingerprint density at radius 3 is 2.69 bits per heavy atom. The maximum absolute atomic E-state index is 12.3. The van der Waals surface area contributed by atoms with Crippen molar-refractivity contribution in [1.29, 1.82) is 0 Å². The quantitative estimate of drug-likeness (QED) is 0.739. The van der Waals surface area contributed by atoms with Crippen molar-refractivity contribution in [2.45, 2.75) is 6.42 Å². The van der Waals surface area contributed by atoms with Gasteiger partial charge in [0.1, 0.15) is 0 Å². The summed E-state index contributed by atoms with van der Waals surface area (Å²) < 4.78 is 2.21. The summed E-state index contributed by atoms with van der Waals surface area (Å²) in [7, 11) is 2.09. The molecule has 1 fully saturated rings. The molecule has 1 amide bonds. The number of nitrogens with zero attached hydrogens (tertiary/aromatic N) is 2. The summed E-state index contributed by atoms with van der Waals surface area (Å²) in [5.74, 6) is 0.0970. The Labute approximate surface area is 154 Å². The van der Waals surface area contributed by atoms with Crippen LogP contribution in [0.5, 0.6) is 0 Å². The number of hydrogen-bond donors (Lipinski definition) is 2. The molecular formula is C21H26N4O. The molecule has 0 spiro atoms. The van der Waals surface area contributed by atoms with Gasteiger partial charge in [-0.15, -0.1) is 0 Å². The van der Waals surface area contributed by atoms with E-state index >= 15 is 0 Å². The molecule has 0 aliphatic carbocycles. The lowest BCUT2D eigenvalue weighted by Gasteiger charge is -2.27. The molecule has 136 valence electrons. The van der Waals surface area contributed by atoms with Gasteiger partial charge in [0.2, 0.25) is 5.91 Å². The molecule has 1 saturated heterocycles. The largest absolute Gasteiger partial charge is 0.355 e.